The van der Waals surface area contributed by atoms with Gasteiger partial charge in [-0.2, -0.15) is 13.2 Å². The number of ether oxygens (including phenoxy) is 1. The normalized spacial score (nSPS) is 13.4. The third-order valence-electron chi connectivity index (χ3n) is 2.17. The van der Waals surface area contributed by atoms with Crippen LogP contribution in [0, 0.1) is 10.1 Å². The molecule has 1 unspecified atom stereocenters. The molecule has 1 aromatic carbocycles. The Balaban J connectivity index is 2.75. The monoisotopic (exact) mass is 283 g/mol. The van der Waals surface area contributed by atoms with Crippen LogP contribution in [0.25, 0.3) is 0 Å². The van der Waals surface area contributed by atoms with Crippen LogP contribution in [-0.4, -0.2) is 17.2 Å². The Morgan fingerprint density at radius 1 is 1.50 bits per heavy atom. The minimum Gasteiger partial charge on any atom is -0.364 e. The molecule has 4 nitrogen and oxygen atoms in total. The summed E-state index contributed by atoms with van der Waals surface area (Å²) in [6, 6.07) is 3.71. The van der Waals surface area contributed by atoms with Gasteiger partial charge in [-0.15, -0.1) is 0 Å². The van der Waals surface area contributed by atoms with E-state index < -0.39 is 17.2 Å². The first-order valence-electron chi connectivity index (χ1n) is 4.83. The molecule has 0 amide bonds. The SMILES string of the molecule is CC(OCc1ccc(Cl)c([N+](=O)[O-])c1)C(F)(F)F. The van der Waals surface area contributed by atoms with E-state index in [0.29, 0.717) is 0 Å². The first-order chi connectivity index (χ1) is 8.21. The summed E-state index contributed by atoms with van der Waals surface area (Å²) >= 11 is 5.56. The van der Waals surface area contributed by atoms with Crippen molar-refractivity contribution in [1.82, 2.24) is 0 Å². The molecule has 0 saturated carbocycles. The predicted octanol–water partition coefficient (Wildman–Crippen LogP) is 3.72. The Labute approximate surface area is 105 Å². The standard InChI is InChI=1S/C10H9ClF3NO3/c1-6(10(12,13)14)18-5-7-2-3-8(11)9(4-7)15(16)17/h2-4,6H,5H2,1H3. The van der Waals surface area contributed by atoms with Crippen LogP contribution < -0.4 is 0 Å². The molecule has 0 aliphatic heterocycles. The number of benzene rings is 1. The Morgan fingerprint density at radius 3 is 2.61 bits per heavy atom. The number of hydrogen-bond acceptors (Lipinski definition) is 3. The van der Waals surface area contributed by atoms with Gasteiger partial charge in [0.25, 0.3) is 5.69 Å². The molecule has 0 bridgehead atoms. The van der Waals surface area contributed by atoms with Crippen LogP contribution in [0.1, 0.15) is 12.5 Å². The minimum absolute atomic E-state index is 0.0763. The molecule has 0 fully saturated rings. The molecule has 1 aromatic rings. The molecule has 8 heteroatoms. The summed E-state index contributed by atoms with van der Waals surface area (Å²) in [6.07, 6.45) is -6.40. The Morgan fingerprint density at radius 2 is 2.11 bits per heavy atom. The lowest BCUT2D eigenvalue weighted by atomic mass is 10.2. The highest BCUT2D eigenvalue weighted by Crippen LogP contribution is 2.27. The van der Waals surface area contributed by atoms with E-state index in [2.05, 4.69) is 4.74 Å². The van der Waals surface area contributed by atoms with Gasteiger partial charge >= 0.3 is 6.18 Å². The van der Waals surface area contributed by atoms with Crippen molar-refractivity contribution in [3.8, 4) is 0 Å². The summed E-state index contributed by atoms with van der Waals surface area (Å²) in [5, 5.41) is 10.5. The molecule has 18 heavy (non-hydrogen) atoms. The fourth-order valence-electron chi connectivity index (χ4n) is 1.10. The molecule has 1 rings (SSSR count). The quantitative estimate of drug-likeness (QED) is 0.625. The van der Waals surface area contributed by atoms with E-state index in [4.69, 9.17) is 11.6 Å². The summed E-state index contributed by atoms with van der Waals surface area (Å²) in [7, 11) is 0. The zero-order valence-electron chi connectivity index (χ0n) is 9.20. The number of hydrogen-bond donors (Lipinski definition) is 0. The maximum absolute atomic E-state index is 12.2. The topological polar surface area (TPSA) is 52.4 Å². The first kappa shape index (κ1) is 14.7. The van der Waals surface area contributed by atoms with E-state index in [-0.39, 0.29) is 22.9 Å². The van der Waals surface area contributed by atoms with E-state index >= 15 is 0 Å². The molecule has 0 N–H and O–H groups in total. The molecular formula is C10H9ClF3NO3. The fourth-order valence-corrected chi connectivity index (χ4v) is 1.29. The minimum atomic E-state index is -4.46. The van der Waals surface area contributed by atoms with Crippen LogP contribution in [0.5, 0.6) is 0 Å². The van der Waals surface area contributed by atoms with Crippen molar-refractivity contribution in [1.29, 1.82) is 0 Å². The molecule has 0 aliphatic rings. The number of rotatable bonds is 4. The smallest absolute Gasteiger partial charge is 0.364 e. The van der Waals surface area contributed by atoms with Gasteiger partial charge in [0.15, 0.2) is 6.10 Å². The van der Waals surface area contributed by atoms with E-state index in [1.807, 2.05) is 0 Å². The number of nitro groups is 1. The molecule has 100 valence electrons. The van der Waals surface area contributed by atoms with Gasteiger partial charge in [-0.05, 0) is 18.6 Å². The summed E-state index contributed by atoms with van der Waals surface area (Å²) in [5.74, 6) is 0. The average molecular weight is 284 g/mol. The van der Waals surface area contributed by atoms with Gasteiger partial charge in [-0.1, -0.05) is 17.7 Å². The van der Waals surface area contributed by atoms with E-state index in [0.717, 1.165) is 13.0 Å². The maximum atomic E-state index is 12.2. The molecule has 0 saturated heterocycles. The molecule has 0 heterocycles. The molecule has 0 radical (unpaired) electrons. The summed E-state index contributed by atoms with van der Waals surface area (Å²) < 4.78 is 41.1. The van der Waals surface area contributed by atoms with Crippen LogP contribution in [0.4, 0.5) is 18.9 Å². The molecule has 1 atom stereocenters. The predicted molar refractivity (Wildman–Crippen MR) is 58.4 cm³/mol. The average Bonchev–Trinajstić information content (AvgIpc) is 2.25. The number of nitrogens with zero attached hydrogens (tertiary/aromatic N) is 1. The second kappa shape index (κ2) is 5.53. The lowest BCUT2D eigenvalue weighted by Gasteiger charge is -2.16. The Hall–Kier alpha value is -1.34. The third kappa shape index (κ3) is 3.85. The van der Waals surface area contributed by atoms with E-state index in [1.165, 1.54) is 12.1 Å². The molecular weight excluding hydrogens is 275 g/mol. The van der Waals surface area contributed by atoms with Crippen LogP contribution in [-0.2, 0) is 11.3 Å². The van der Waals surface area contributed by atoms with Crippen molar-refractivity contribution in [2.75, 3.05) is 0 Å². The lowest BCUT2D eigenvalue weighted by molar-refractivity contribution is -0.384. The van der Waals surface area contributed by atoms with Gasteiger partial charge in [-0.25, -0.2) is 0 Å². The third-order valence-corrected chi connectivity index (χ3v) is 2.49. The second-order valence-electron chi connectivity index (χ2n) is 3.54. The van der Waals surface area contributed by atoms with Crippen molar-refractivity contribution in [3.05, 3.63) is 38.9 Å². The number of nitro benzene ring substituents is 1. The van der Waals surface area contributed by atoms with Crippen LogP contribution in [0.3, 0.4) is 0 Å². The fraction of sp³-hybridized carbons (Fsp3) is 0.400. The van der Waals surface area contributed by atoms with Gasteiger partial charge in [0.2, 0.25) is 0 Å². The van der Waals surface area contributed by atoms with Gasteiger partial charge in [0.05, 0.1) is 11.5 Å². The molecule has 0 aliphatic carbocycles. The van der Waals surface area contributed by atoms with Crippen LogP contribution in [0.15, 0.2) is 18.2 Å². The zero-order chi connectivity index (χ0) is 13.9. The first-order valence-corrected chi connectivity index (χ1v) is 5.20. The molecule has 0 spiro atoms. The number of alkyl halides is 3. The molecule has 0 aromatic heterocycles. The summed E-state index contributed by atoms with van der Waals surface area (Å²) in [5.41, 5.74) is -0.111. The van der Waals surface area contributed by atoms with Gasteiger partial charge in [0.1, 0.15) is 5.02 Å². The maximum Gasteiger partial charge on any atom is 0.414 e. The largest absolute Gasteiger partial charge is 0.414 e. The van der Waals surface area contributed by atoms with Crippen molar-refractivity contribution in [3.63, 3.8) is 0 Å². The van der Waals surface area contributed by atoms with Crippen molar-refractivity contribution in [2.45, 2.75) is 25.8 Å². The highest BCUT2D eigenvalue weighted by Gasteiger charge is 2.36. The van der Waals surface area contributed by atoms with Crippen LogP contribution in [0.2, 0.25) is 5.02 Å². The zero-order valence-corrected chi connectivity index (χ0v) is 9.96. The summed E-state index contributed by atoms with van der Waals surface area (Å²) in [6.45, 7) is 0.489. The highest BCUT2D eigenvalue weighted by molar-refractivity contribution is 6.32. The second-order valence-corrected chi connectivity index (χ2v) is 3.94. The van der Waals surface area contributed by atoms with Gasteiger partial charge in [0, 0.05) is 6.07 Å². The van der Waals surface area contributed by atoms with Gasteiger partial charge in [-0.3, -0.25) is 10.1 Å². The summed E-state index contributed by atoms with van der Waals surface area (Å²) in [4.78, 5) is 9.86. The van der Waals surface area contributed by atoms with Crippen molar-refractivity contribution in [2.24, 2.45) is 0 Å². The van der Waals surface area contributed by atoms with Gasteiger partial charge < -0.3 is 4.74 Å². The van der Waals surface area contributed by atoms with E-state index in [1.54, 1.807) is 0 Å². The van der Waals surface area contributed by atoms with Crippen molar-refractivity contribution >= 4 is 17.3 Å². The Bertz CT molecular complexity index is 450. The van der Waals surface area contributed by atoms with Crippen molar-refractivity contribution < 1.29 is 22.8 Å². The highest BCUT2D eigenvalue weighted by atomic mass is 35.5. The Kier molecular flexibility index (Phi) is 4.53. The van der Waals surface area contributed by atoms with Crippen LogP contribution >= 0.6 is 11.6 Å². The lowest BCUT2D eigenvalue weighted by Crippen LogP contribution is -2.28. The van der Waals surface area contributed by atoms with E-state index in [9.17, 15) is 23.3 Å². The number of halogens is 4.